The Bertz CT molecular complexity index is 1370. The van der Waals surface area contributed by atoms with Gasteiger partial charge in [0.2, 0.25) is 5.69 Å². The van der Waals surface area contributed by atoms with Gasteiger partial charge in [0.25, 0.3) is 0 Å². The van der Waals surface area contributed by atoms with Gasteiger partial charge in [0.05, 0.1) is 11.1 Å². The summed E-state index contributed by atoms with van der Waals surface area (Å²) in [7, 11) is 2.09. The van der Waals surface area contributed by atoms with Crippen LogP contribution < -0.4 is 4.57 Å². The minimum absolute atomic E-state index is 0.287. The predicted molar refractivity (Wildman–Crippen MR) is 126 cm³/mol. The lowest BCUT2D eigenvalue weighted by Gasteiger charge is -2.26. The second-order valence-corrected chi connectivity index (χ2v) is 8.89. The molecule has 0 radical (unpaired) electrons. The van der Waals surface area contributed by atoms with E-state index in [4.69, 9.17) is 0 Å². The summed E-state index contributed by atoms with van der Waals surface area (Å²) in [5.74, 6) is 0. The zero-order valence-corrected chi connectivity index (χ0v) is 18.4. The predicted octanol–water partition coefficient (Wildman–Crippen LogP) is 6.33. The van der Waals surface area contributed by atoms with Crippen molar-refractivity contribution in [2.24, 2.45) is 7.05 Å². The van der Waals surface area contributed by atoms with E-state index in [9.17, 15) is 5.26 Å². The minimum atomic E-state index is -0.287. The summed E-state index contributed by atoms with van der Waals surface area (Å²) in [6.45, 7) is 6.71. The Morgan fingerprint density at radius 1 is 0.774 bits per heavy atom. The summed E-state index contributed by atoms with van der Waals surface area (Å²) in [5.41, 5.74) is 11.2. The third-order valence-electron chi connectivity index (χ3n) is 6.67. The van der Waals surface area contributed by atoms with Crippen LogP contribution in [0.25, 0.3) is 33.5 Å². The summed E-state index contributed by atoms with van der Waals surface area (Å²) < 4.78 is 2.18. The molecule has 1 aliphatic carbocycles. The highest BCUT2D eigenvalue weighted by atomic mass is 14.9. The number of hydrogen-bond donors (Lipinski definition) is 0. The average Bonchev–Trinajstić information content (AvgIpc) is 3.01. The maximum atomic E-state index is 10.3. The Balaban J connectivity index is 1.85. The van der Waals surface area contributed by atoms with Gasteiger partial charge >= 0.3 is 0 Å². The lowest BCUT2D eigenvalue weighted by Crippen LogP contribution is -2.31. The molecule has 1 aromatic heterocycles. The first-order chi connectivity index (χ1) is 14.9. The third kappa shape index (κ3) is 2.74. The standard InChI is InChI=1S/C29H25N2/c1-19-13-14-23-22-16-15-21(20-10-6-5-7-11-20)24(18-30)27(22)29(2,3)28(23)26(19)25-12-8-9-17-31(25)4/h5-17H,1-4H3/q+1. The molecule has 0 N–H and O–H groups in total. The van der Waals surface area contributed by atoms with Gasteiger partial charge in [-0.3, -0.25) is 0 Å². The van der Waals surface area contributed by atoms with Crippen LogP contribution in [0.1, 0.15) is 36.1 Å². The Labute approximate surface area is 184 Å². The number of benzene rings is 3. The molecule has 4 aromatic rings. The first-order valence-corrected chi connectivity index (χ1v) is 10.7. The highest BCUT2D eigenvalue weighted by Crippen LogP contribution is 2.54. The van der Waals surface area contributed by atoms with Gasteiger partial charge in [-0.15, -0.1) is 0 Å². The number of rotatable bonds is 2. The molecule has 0 unspecified atom stereocenters. The van der Waals surface area contributed by atoms with Crippen molar-refractivity contribution in [2.45, 2.75) is 26.2 Å². The molecular weight excluding hydrogens is 376 g/mol. The molecule has 150 valence electrons. The Morgan fingerprint density at radius 3 is 2.13 bits per heavy atom. The molecular formula is C29H25N2+. The second kappa shape index (κ2) is 6.93. The average molecular weight is 402 g/mol. The molecule has 0 amide bonds. The number of hydrogen-bond acceptors (Lipinski definition) is 1. The van der Waals surface area contributed by atoms with E-state index in [-0.39, 0.29) is 5.41 Å². The molecule has 0 atom stereocenters. The van der Waals surface area contributed by atoms with Crippen molar-refractivity contribution in [3.8, 4) is 39.6 Å². The molecule has 2 nitrogen and oxygen atoms in total. The van der Waals surface area contributed by atoms with E-state index in [1.807, 2.05) is 18.2 Å². The highest BCUT2D eigenvalue weighted by Gasteiger charge is 2.42. The Kier molecular flexibility index (Phi) is 4.31. The third-order valence-corrected chi connectivity index (χ3v) is 6.67. The topological polar surface area (TPSA) is 27.7 Å². The van der Waals surface area contributed by atoms with Crippen LogP contribution in [-0.2, 0) is 12.5 Å². The van der Waals surface area contributed by atoms with Crippen LogP contribution in [0.3, 0.4) is 0 Å². The van der Waals surface area contributed by atoms with Crippen LogP contribution in [0.5, 0.6) is 0 Å². The van der Waals surface area contributed by atoms with Crippen LogP contribution in [0.4, 0.5) is 0 Å². The van der Waals surface area contributed by atoms with Gasteiger partial charge in [-0.1, -0.05) is 68.4 Å². The molecule has 5 rings (SSSR count). The van der Waals surface area contributed by atoms with Crippen LogP contribution in [0.2, 0.25) is 0 Å². The van der Waals surface area contributed by atoms with Gasteiger partial charge in [0, 0.05) is 17.5 Å². The van der Waals surface area contributed by atoms with E-state index in [2.05, 4.69) is 99.2 Å². The molecule has 0 fully saturated rings. The van der Waals surface area contributed by atoms with Gasteiger partial charge in [-0.2, -0.15) is 5.26 Å². The number of pyridine rings is 1. The first-order valence-electron chi connectivity index (χ1n) is 10.7. The zero-order chi connectivity index (χ0) is 21.8. The van der Waals surface area contributed by atoms with E-state index in [0.717, 1.165) is 22.3 Å². The lowest BCUT2D eigenvalue weighted by molar-refractivity contribution is -0.660. The number of nitriles is 1. The van der Waals surface area contributed by atoms with Crippen molar-refractivity contribution in [3.05, 3.63) is 101 Å². The molecule has 0 saturated carbocycles. The maximum Gasteiger partial charge on any atom is 0.212 e. The summed E-state index contributed by atoms with van der Waals surface area (Å²) in [5, 5.41) is 10.3. The SMILES string of the molecule is Cc1ccc2c(c1-c1cccc[n+]1C)C(C)(C)c1c-2ccc(-c2ccccc2)c1C#N. The summed E-state index contributed by atoms with van der Waals surface area (Å²) >= 11 is 0. The molecule has 0 bridgehead atoms. The van der Waals surface area contributed by atoms with Crippen molar-refractivity contribution >= 4 is 0 Å². The number of aryl methyl sites for hydroxylation is 2. The quantitative estimate of drug-likeness (QED) is 0.361. The fraction of sp³-hybridized carbons (Fsp3) is 0.172. The molecule has 0 spiro atoms. The number of nitrogens with zero attached hydrogens (tertiary/aromatic N) is 2. The van der Waals surface area contributed by atoms with Gasteiger partial charge in [0.15, 0.2) is 6.20 Å². The molecule has 31 heavy (non-hydrogen) atoms. The summed E-state index contributed by atoms with van der Waals surface area (Å²) in [6.07, 6.45) is 2.09. The van der Waals surface area contributed by atoms with E-state index in [1.54, 1.807) is 0 Å². The Morgan fingerprint density at radius 2 is 1.42 bits per heavy atom. The van der Waals surface area contributed by atoms with E-state index >= 15 is 0 Å². The minimum Gasteiger partial charge on any atom is -0.201 e. The molecule has 0 aliphatic heterocycles. The van der Waals surface area contributed by atoms with Gasteiger partial charge in [-0.25, -0.2) is 4.57 Å². The number of aromatic nitrogens is 1. The summed E-state index contributed by atoms with van der Waals surface area (Å²) in [6, 6.07) is 27.9. The van der Waals surface area contributed by atoms with E-state index in [1.165, 1.54) is 33.5 Å². The van der Waals surface area contributed by atoms with Gasteiger partial charge < -0.3 is 0 Å². The molecule has 1 heterocycles. The lowest BCUT2D eigenvalue weighted by atomic mass is 9.76. The van der Waals surface area contributed by atoms with Crippen LogP contribution >= 0.6 is 0 Å². The van der Waals surface area contributed by atoms with E-state index < -0.39 is 0 Å². The second-order valence-electron chi connectivity index (χ2n) is 8.89. The van der Waals surface area contributed by atoms with Crippen molar-refractivity contribution in [1.29, 1.82) is 5.26 Å². The van der Waals surface area contributed by atoms with Gasteiger partial charge in [-0.05, 0) is 51.9 Å². The van der Waals surface area contributed by atoms with Crippen molar-refractivity contribution < 1.29 is 4.57 Å². The molecule has 2 heteroatoms. The normalized spacial score (nSPS) is 13.4. The van der Waals surface area contributed by atoms with Crippen molar-refractivity contribution in [2.75, 3.05) is 0 Å². The van der Waals surface area contributed by atoms with Crippen LogP contribution in [0, 0.1) is 18.3 Å². The smallest absolute Gasteiger partial charge is 0.201 e. The van der Waals surface area contributed by atoms with Crippen LogP contribution in [-0.4, -0.2) is 0 Å². The van der Waals surface area contributed by atoms with Gasteiger partial charge in [0.1, 0.15) is 13.1 Å². The number of fused-ring (bicyclic) bond motifs is 3. The van der Waals surface area contributed by atoms with Crippen molar-refractivity contribution in [1.82, 2.24) is 0 Å². The summed E-state index contributed by atoms with van der Waals surface area (Å²) in [4.78, 5) is 0. The first kappa shape index (κ1) is 19.3. The fourth-order valence-electron chi connectivity index (χ4n) is 5.27. The van der Waals surface area contributed by atoms with E-state index in [0.29, 0.717) is 0 Å². The molecule has 0 saturated heterocycles. The zero-order valence-electron chi connectivity index (χ0n) is 18.4. The molecule has 3 aromatic carbocycles. The van der Waals surface area contributed by atoms with Crippen LogP contribution in [0.15, 0.2) is 79.0 Å². The highest BCUT2D eigenvalue weighted by molar-refractivity contribution is 5.92. The fourth-order valence-corrected chi connectivity index (χ4v) is 5.27. The monoisotopic (exact) mass is 401 g/mol. The largest absolute Gasteiger partial charge is 0.212 e. The maximum absolute atomic E-state index is 10.3. The molecule has 1 aliphatic rings. The van der Waals surface area contributed by atoms with Crippen molar-refractivity contribution in [3.63, 3.8) is 0 Å². The Hall–Kier alpha value is -3.70.